The average Bonchev–Trinajstić information content (AvgIpc) is 3.20. The van der Waals surface area contributed by atoms with Crippen LogP contribution >= 0.6 is 0 Å². The van der Waals surface area contributed by atoms with Gasteiger partial charge in [-0.3, -0.25) is 9.69 Å². The van der Waals surface area contributed by atoms with E-state index in [0.717, 1.165) is 69.8 Å². The van der Waals surface area contributed by atoms with Crippen LogP contribution in [0.25, 0.3) is 0 Å². The summed E-state index contributed by atoms with van der Waals surface area (Å²) in [5.41, 5.74) is 2.12. The molecular weight excluding hydrogens is 355 g/mol. The molecule has 1 amide bonds. The Morgan fingerprint density at radius 2 is 1.82 bits per heavy atom. The second kappa shape index (κ2) is 8.41. The highest BCUT2D eigenvalue weighted by molar-refractivity contribution is 5.99. The lowest BCUT2D eigenvalue weighted by Crippen LogP contribution is -2.38. The zero-order chi connectivity index (χ0) is 19.4. The predicted octanol–water partition coefficient (Wildman–Crippen LogP) is 4.11. The summed E-state index contributed by atoms with van der Waals surface area (Å²) >= 11 is 0. The van der Waals surface area contributed by atoms with Gasteiger partial charge in [-0.25, -0.2) is 4.39 Å². The van der Waals surface area contributed by atoms with E-state index in [9.17, 15) is 9.18 Å². The Labute approximate surface area is 165 Å². The number of carbonyl (C=O) groups excluding carboxylic acids is 1. The number of rotatable bonds is 5. The van der Waals surface area contributed by atoms with E-state index in [-0.39, 0.29) is 11.7 Å². The van der Waals surface area contributed by atoms with Crippen LogP contribution in [0.2, 0.25) is 0 Å². The van der Waals surface area contributed by atoms with Gasteiger partial charge in [0.25, 0.3) is 0 Å². The molecule has 1 aliphatic carbocycles. The van der Waals surface area contributed by atoms with Gasteiger partial charge < -0.3 is 10.1 Å². The minimum absolute atomic E-state index is 0.0286. The van der Waals surface area contributed by atoms with E-state index >= 15 is 0 Å². The van der Waals surface area contributed by atoms with Crippen LogP contribution in [0.4, 0.5) is 10.1 Å². The topological polar surface area (TPSA) is 41.6 Å². The number of hydrogen-bond acceptors (Lipinski definition) is 3. The van der Waals surface area contributed by atoms with Crippen molar-refractivity contribution < 1.29 is 13.9 Å². The van der Waals surface area contributed by atoms with E-state index in [4.69, 9.17) is 4.74 Å². The molecule has 0 radical (unpaired) electrons. The first-order chi connectivity index (χ1) is 13.7. The lowest BCUT2D eigenvalue weighted by Gasteiger charge is -2.29. The fourth-order valence-electron chi connectivity index (χ4n) is 4.43. The Bertz CT molecular complexity index is 827. The molecule has 0 unspecified atom stereocenters. The molecule has 0 atom stereocenters. The fraction of sp³-hybridized carbons (Fsp3) is 0.435. The number of carbonyl (C=O) groups is 1. The molecule has 4 nitrogen and oxygen atoms in total. The van der Waals surface area contributed by atoms with Gasteiger partial charge in [0.2, 0.25) is 5.91 Å². The molecule has 2 aromatic rings. The zero-order valence-electron chi connectivity index (χ0n) is 16.1. The van der Waals surface area contributed by atoms with E-state index in [1.54, 1.807) is 6.07 Å². The molecule has 2 aromatic carbocycles. The van der Waals surface area contributed by atoms with Gasteiger partial charge in [-0.05, 0) is 48.2 Å². The minimum atomic E-state index is -0.637. The normalized spacial score (nSPS) is 19.5. The van der Waals surface area contributed by atoms with Gasteiger partial charge in [0.05, 0.1) is 18.6 Å². The van der Waals surface area contributed by atoms with E-state index in [1.807, 2.05) is 24.3 Å². The second-order valence-electron chi connectivity index (χ2n) is 7.84. The number of anilines is 1. The summed E-state index contributed by atoms with van der Waals surface area (Å²) in [6.45, 7) is 4.25. The number of halogens is 1. The lowest BCUT2D eigenvalue weighted by molar-refractivity contribution is -0.121. The van der Waals surface area contributed by atoms with Crippen molar-refractivity contribution in [1.82, 2.24) is 4.90 Å². The molecule has 1 heterocycles. The molecule has 2 fully saturated rings. The first-order valence-electron chi connectivity index (χ1n) is 10.1. The Morgan fingerprint density at radius 1 is 1.07 bits per heavy atom. The van der Waals surface area contributed by atoms with Gasteiger partial charge >= 0.3 is 0 Å². The minimum Gasteiger partial charge on any atom is -0.379 e. The number of nitrogens with one attached hydrogen (secondary N) is 1. The number of benzene rings is 2. The molecule has 1 N–H and O–H groups in total. The Hall–Kier alpha value is -2.24. The van der Waals surface area contributed by atoms with E-state index in [1.165, 1.54) is 17.7 Å². The second-order valence-corrected chi connectivity index (χ2v) is 7.84. The Balaban J connectivity index is 1.51. The van der Waals surface area contributed by atoms with Gasteiger partial charge in [-0.15, -0.1) is 0 Å². The lowest BCUT2D eigenvalue weighted by atomic mass is 9.78. The SMILES string of the molecule is O=C(Nc1cccc(CN2CCOCC2)c1)C1(c2cccc(F)c2)CCCC1. The predicted molar refractivity (Wildman–Crippen MR) is 108 cm³/mol. The van der Waals surface area contributed by atoms with Gasteiger partial charge in [-0.2, -0.15) is 0 Å². The maximum absolute atomic E-state index is 13.8. The molecule has 5 heteroatoms. The van der Waals surface area contributed by atoms with Crippen molar-refractivity contribution in [3.8, 4) is 0 Å². The quantitative estimate of drug-likeness (QED) is 0.846. The number of morpholine rings is 1. The van der Waals surface area contributed by atoms with Crippen molar-refractivity contribution in [2.75, 3.05) is 31.6 Å². The fourth-order valence-corrected chi connectivity index (χ4v) is 4.43. The molecule has 0 spiro atoms. The Morgan fingerprint density at radius 3 is 2.57 bits per heavy atom. The van der Waals surface area contributed by atoms with Crippen LogP contribution < -0.4 is 5.32 Å². The molecule has 4 rings (SSSR count). The summed E-state index contributed by atoms with van der Waals surface area (Å²) in [6.07, 6.45) is 3.49. The highest BCUT2D eigenvalue weighted by Crippen LogP contribution is 2.42. The van der Waals surface area contributed by atoms with E-state index < -0.39 is 5.41 Å². The summed E-state index contributed by atoms with van der Waals surface area (Å²) in [5.74, 6) is -0.316. The first kappa shape index (κ1) is 19.1. The van der Waals surface area contributed by atoms with Crippen LogP contribution in [-0.2, 0) is 21.5 Å². The summed E-state index contributed by atoms with van der Waals surface area (Å²) in [4.78, 5) is 15.6. The molecule has 0 aromatic heterocycles. The first-order valence-corrected chi connectivity index (χ1v) is 10.1. The number of ether oxygens (including phenoxy) is 1. The van der Waals surface area contributed by atoms with Crippen molar-refractivity contribution in [3.63, 3.8) is 0 Å². The number of hydrogen-bond donors (Lipinski definition) is 1. The van der Waals surface area contributed by atoms with Crippen LogP contribution in [0.1, 0.15) is 36.8 Å². The van der Waals surface area contributed by atoms with Gasteiger partial charge in [0.1, 0.15) is 5.82 Å². The zero-order valence-corrected chi connectivity index (χ0v) is 16.1. The van der Waals surface area contributed by atoms with Crippen LogP contribution in [-0.4, -0.2) is 37.1 Å². The van der Waals surface area contributed by atoms with Crippen molar-refractivity contribution in [3.05, 3.63) is 65.5 Å². The Kier molecular flexibility index (Phi) is 5.74. The molecule has 1 saturated carbocycles. The van der Waals surface area contributed by atoms with Crippen LogP contribution in [0.3, 0.4) is 0 Å². The molecular formula is C23H27FN2O2. The van der Waals surface area contributed by atoms with Gasteiger partial charge in [0.15, 0.2) is 0 Å². The number of amides is 1. The van der Waals surface area contributed by atoms with Crippen LogP contribution in [0.15, 0.2) is 48.5 Å². The smallest absolute Gasteiger partial charge is 0.235 e. The summed E-state index contributed by atoms with van der Waals surface area (Å²) in [6, 6.07) is 14.6. The van der Waals surface area contributed by atoms with Crippen LogP contribution in [0.5, 0.6) is 0 Å². The van der Waals surface area contributed by atoms with Gasteiger partial charge in [0, 0.05) is 25.3 Å². The third kappa shape index (κ3) is 4.10. The highest BCUT2D eigenvalue weighted by atomic mass is 19.1. The highest BCUT2D eigenvalue weighted by Gasteiger charge is 2.42. The van der Waals surface area contributed by atoms with Crippen molar-refractivity contribution in [2.45, 2.75) is 37.6 Å². The maximum atomic E-state index is 13.8. The van der Waals surface area contributed by atoms with Crippen molar-refractivity contribution in [1.29, 1.82) is 0 Å². The molecule has 2 aliphatic rings. The third-order valence-corrected chi connectivity index (χ3v) is 5.96. The largest absolute Gasteiger partial charge is 0.379 e. The standard InChI is InChI=1S/C23H27FN2O2/c24-20-7-4-6-19(16-20)23(9-1-2-10-23)22(27)25-21-8-3-5-18(15-21)17-26-11-13-28-14-12-26/h3-8,15-16H,1-2,9-14,17H2,(H,25,27). The molecule has 1 saturated heterocycles. The maximum Gasteiger partial charge on any atom is 0.235 e. The van der Waals surface area contributed by atoms with Gasteiger partial charge in [-0.1, -0.05) is 37.1 Å². The van der Waals surface area contributed by atoms with Crippen molar-refractivity contribution >= 4 is 11.6 Å². The van der Waals surface area contributed by atoms with E-state index in [0.29, 0.717) is 0 Å². The average molecular weight is 382 g/mol. The molecule has 1 aliphatic heterocycles. The van der Waals surface area contributed by atoms with Crippen LogP contribution in [0, 0.1) is 5.82 Å². The summed E-state index contributed by atoms with van der Waals surface area (Å²) in [5, 5.41) is 3.12. The summed E-state index contributed by atoms with van der Waals surface area (Å²) < 4.78 is 19.2. The molecule has 28 heavy (non-hydrogen) atoms. The molecule has 0 bridgehead atoms. The monoisotopic (exact) mass is 382 g/mol. The third-order valence-electron chi connectivity index (χ3n) is 5.96. The van der Waals surface area contributed by atoms with E-state index in [2.05, 4.69) is 16.3 Å². The summed E-state index contributed by atoms with van der Waals surface area (Å²) in [7, 11) is 0. The molecule has 148 valence electrons. The van der Waals surface area contributed by atoms with Crippen molar-refractivity contribution in [2.24, 2.45) is 0 Å². The number of nitrogens with zero attached hydrogens (tertiary/aromatic N) is 1.